The molecule has 0 spiro atoms. The first kappa shape index (κ1) is 19.8. The number of hydrogen-bond donors (Lipinski definition) is 2. The molecule has 0 aliphatic heterocycles. The summed E-state index contributed by atoms with van der Waals surface area (Å²) < 4.78 is 6.20. The van der Waals surface area contributed by atoms with Crippen LogP contribution in [0.4, 0.5) is 16.2 Å². The molecule has 0 radical (unpaired) electrons. The molecule has 0 fully saturated rings. The summed E-state index contributed by atoms with van der Waals surface area (Å²) in [6, 6.07) is 25.7. The van der Waals surface area contributed by atoms with Crippen LogP contribution in [-0.2, 0) is 4.74 Å². The first-order valence-electron chi connectivity index (χ1n) is 9.48. The summed E-state index contributed by atoms with van der Waals surface area (Å²) in [5.41, 5.74) is 2.72. The molecule has 1 heterocycles. The Labute approximate surface area is 178 Å². The number of nitrogens with zero attached hydrogens (tertiary/aromatic N) is 3. The Kier molecular flexibility index (Phi) is 5.70. The van der Waals surface area contributed by atoms with Gasteiger partial charge in [-0.2, -0.15) is 0 Å². The number of ether oxygens (including phenoxy) is 1. The summed E-state index contributed by atoms with van der Waals surface area (Å²) in [7, 11) is 1.29. The van der Waals surface area contributed by atoms with Crippen molar-refractivity contribution in [3.8, 4) is 17.1 Å². The van der Waals surface area contributed by atoms with E-state index in [0.29, 0.717) is 17.2 Å². The maximum atomic E-state index is 12.8. The molecule has 8 nitrogen and oxygen atoms in total. The zero-order chi connectivity index (χ0) is 21.6. The largest absolute Gasteiger partial charge is 0.453 e. The number of anilines is 2. The molecular weight excluding hydrogens is 394 g/mol. The maximum Gasteiger partial charge on any atom is 0.411 e. The summed E-state index contributed by atoms with van der Waals surface area (Å²) in [6.45, 7) is 0. The Bertz CT molecular complexity index is 1130. The number of hydrogen-bond acceptors (Lipinski definition) is 5. The van der Waals surface area contributed by atoms with Crippen LogP contribution in [0, 0.1) is 0 Å². The lowest BCUT2D eigenvalue weighted by Crippen LogP contribution is -2.14. The standard InChI is InChI=1S/C23H19N5O3/c1-31-23(30)25-18-14-12-17(13-15-18)24-22(29)20-26-21(16-8-4-2-5-9-16)28(27-20)19-10-6-3-7-11-19/h2-15H,1H3,(H,24,29)(H,25,30). The van der Waals surface area contributed by atoms with E-state index in [9.17, 15) is 9.59 Å². The minimum absolute atomic E-state index is 0.0412. The number of para-hydroxylation sites is 1. The summed E-state index contributed by atoms with van der Waals surface area (Å²) in [5, 5.41) is 9.76. The number of amides is 2. The average Bonchev–Trinajstić information content (AvgIpc) is 3.27. The van der Waals surface area contributed by atoms with Gasteiger partial charge < -0.3 is 10.1 Å². The second-order valence-corrected chi connectivity index (χ2v) is 6.52. The lowest BCUT2D eigenvalue weighted by atomic mass is 10.2. The molecule has 4 aromatic rings. The van der Waals surface area contributed by atoms with E-state index in [1.54, 1.807) is 28.9 Å². The quantitative estimate of drug-likeness (QED) is 0.506. The topological polar surface area (TPSA) is 98.1 Å². The maximum absolute atomic E-state index is 12.8. The van der Waals surface area contributed by atoms with Gasteiger partial charge in [0.1, 0.15) is 0 Å². The number of nitrogens with one attached hydrogen (secondary N) is 2. The van der Waals surface area contributed by atoms with Gasteiger partial charge in [-0.25, -0.2) is 14.5 Å². The van der Waals surface area contributed by atoms with Gasteiger partial charge in [-0.15, -0.1) is 5.10 Å². The molecule has 0 saturated carbocycles. The van der Waals surface area contributed by atoms with E-state index in [1.807, 2.05) is 60.7 Å². The first-order chi connectivity index (χ1) is 15.1. The molecule has 3 aromatic carbocycles. The first-order valence-corrected chi connectivity index (χ1v) is 9.48. The predicted octanol–water partition coefficient (Wildman–Crippen LogP) is 4.36. The van der Waals surface area contributed by atoms with E-state index in [4.69, 9.17) is 0 Å². The molecule has 0 aliphatic rings. The van der Waals surface area contributed by atoms with E-state index in [2.05, 4.69) is 25.5 Å². The second-order valence-electron chi connectivity index (χ2n) is 6.52. The highest BCUT2D eigenvalue weighted by Crippen LogP contribution is 2.21. The normalized spacial score (nSPS) is 10.4. The Balaban J connectivity index is 1.60. The highest BCUT2D eigenvalue weighted by Gasteiger charge is 2.19. The minimum atomic E-state index is -0.569. The van der Waals surface area contributed by atoms with Crippen molar-refractivity contribution in [2.45, 2.75) is 0 Å². The highest BCUT2D eigenvalue weighted by molar-refractivity contribution is 6.02. The predicted molar refractivity (Wildman–Crippen MR) is 117 cm³/mol. The summed E-state index contributed by atoms with van der Waals surface area (Å²) in [5.74, 6) is 0.162. The fourth-order valence-corrected chi connectivity index (χ4v) is 2.92. The number of aromatic nitrogens is 3. The Morgan fingerprint density at radius 3 is 2.00 bits per heavy atom. The second kappa shape index (κ2) is 8.91. The number of methoxy groups -OCH3 is 1. The summed E-state index contributed by atoms with van der Waals surface area (Å²) in [4.78, 5) is 28.6. The lowest BCUT2D eigenvalue weighted by molar-refractivity contribution is 0.101. The zero-order valence-corrected chi connectivity index (χ0v) is 16.6. The fourth-order valence-electron chi connectivity index (χ4n) is 2.92. The van der Waals surface area contributed by atoms with Gasteiger partial charge in [0.2, 0.25) is 5.82 Å². The van der Waals surface area contributed by atoms with Gasteiger partial charge in [-0.1, -0.05) is 48.5 Å². The summed E-state index contributed by atoms with van der Waals surface area (Å²) >= 11 is 0. The van der Waals surface area contributed by atoms with E-state index in [1.165, 1.54) is 7.11 Å². The molecule has 1 aromatic heterocycles. The van der Waals surface area contributed by atoms with Crippen molar-refractivity contribution in [2.75, 3.05) is 17.7 Å². The van der Waals surface area contributed by atoms with E-state index >= 15 is 0 Å². The van der Waals surface area contributed by atoms with Gasteiger partial charge in [-0.3, -0.25) is 10.1 Å². The third-order valence-corrected chi connectivity index (χ3v) is 4.42. The van der Waals surface area contributed by atoms with Crippen LogP contribution >= 0.6 is 0 Å². The molecular formula is C23H19N5O3. The average molecular weight is 413 g/mol. The van der Waals surface area contributed by atoms with Crippen molar-refractivity contribution < 1.29 is 14.3 Å². The molecule has 2 N–H and O–H groups in total. The van der Waals surface area contributed by atoms with Crippen LogP contribution in [0.15, 0.2) is 84.9 Å². The van der Waals surface area contributed by atoms with Gasteiger partial charge in [0, 0.05) is 16.9 Å². The van der Waals surface area contributed by atoms with Crippen LogP contribution in [0.5, 0.6) is 0 Å². The Morgan fingerprint density at radius 2 is 1.39 bits per heavy atom. The van der Waals surface area contributed by atoms with Crippen LogP contribution in [0.3, 0.4) is 0 Å². The van der Waals surface area contributed by atoms with Crippen LogP contribution < -0.4 is 10.6 Å². The van der Waals surface area contributed by atoms with Crippen molar-refractivity contribution in [1.29, 1.82) is 0 Å². The van der Waals surface area contributed by atoms with Crippen LogP contribution in [0.25, 0.3) is 17.1 Å². The fraction of sp³-hybridized carbons (Fsp3) is 0.0435. The van der Waals surface area contributed by atoms with E-state index in [0.717, 1.165) is 11.3 Å². The zero-order valence-electron chi connectivity index (χ0n) is 16.6. The van der Waals surface area contributed by atoms with E-state index in [-0.39, 0.29) is 5.82 Å². The molecule has 31 heavy (non-hydrogen) atoms. The number of carbonyl (C=O) groups is 2. The number of carbonyl (C=O) groups excluding carboxylic acids is 2. The van der Waals surface area contributed by atoms with Crippen molar-refractivity contribution >= 4 is 23.4 Å². The van der Waals surface area contributed by atoms with Gasteiger partial charge in [-0.05, 0) is 36.4 Å². The van der Waals surface area contributed by atoms with Crippen molar-refractivity contribution in [3.05, 3.63) is 90.8 Å². The molecule has 0 aliphatic carbocycles. The van der Waals surface area contributed by atoms with Crippen molar-refractivity contribution in [3.63, 3.8) is 0 Å². The highest BCUT2D eigenvalue weighted by atomic mass is 16.5. The number of rotatable bonds is 5. The number of benzene rings is 3. The van der Waals surface area contributed by atoms with Crippen LogP contribution in [0.1, 0.15) is 10.6 Å². The molecule has 0 unspecified atom stereocenters. The molecule has 154 valence electrons. The van der Waals surface area contributed by atoms with Crippen molar-refractivity contribution in [2.24, 2.45) is 0 Å². The van der Waals surface area contributed by atoms with Crippen LogP contribution in [-0.4, -0.2) is 33.9 Å². The van der Waals surface area contributed by atoms with Crippen molar-refractivity contribution in [1.82, 2.24) is 14.8 Å². The Morgan fingerprint density at radius 1 is 0.806 bits per heavy atom. The molecule has 0 atom stereocenters. The third-order valence-electron chi connectivity index (χ3n) is 4.42. The monoisotopic (exact) mass is 413 g/mol. The molecule has 0 saturated heterocycles. The van der Waals surface area contributed by atoms with E-state index < -0.39 is 12.0 Å². The van der Waals surface area contributed by atoms with Gasteiger partial charge in [0.25, 0.3) is 5.91 Å². The molecule has 8 heteroatoms. The van der Waals surface area contributed by atoms with Gasteiger partial charge in [0.05, 0.1) is 12.8 Å². The lowest BCUT2D eigenvalue weighted by Gasteiger charge is -2.06. The third kappa shape index (κ3) is 4.59. The smallest absolute Gasteiger partial charge is 0.411 e. The Hall–Kier alpha value is -4.46. The molecule has 4 rings (SSSR count). The molecule has 0 bridgehead atoms. The van der Waals surface area contributed by atoms with Gasteiger partial charge in [0.15, 0.2) is 5.82 Å². The van der Waals surface area contributed by atoms with Gasteiger partial charge >= 0.3 is 6.09 Å². The molecule has 2 amide bonds. The summed E-state index contributed by atoms with van der Waals surface area (Å²) in [6.07, 6.45) is -0.569. The SMILES string of the molecule is COC(=O)Nc1ccc(NC(=O)c2nc(-c3ccccc3)n(-c3ccccc3)n2)cc1. The van der Waals surface area contributed by atoms with Crippen LogP contribution in [0.2, 0.25) is 0 Å². The minimum Gasteiger partial charge on any atom is -0.453 e.